The van der Waals surface area contributed by atoms with Crippen LogP contribution < -0.4 is 5.32 Å². The Morgan fingerprint density at radius 3 is 3.25 bits per heavy atom. The third kappa shape index (κ3) is 3.20. The van der Waals surface area contributed by atoms with Crippen LogP contribution in [0.25, 0.3) is 0 Å². The number of aromatic nitrogens is 1. The Hall–Kier alpha value is -0.100. The lowest BCUT2D eigenvalue weighted by molar-refractivity contribution is 0.221. The van der Waals surface area contributed by atoms with Crippen LogP contribution in [0, 0.1) is 0 Å². The molecule has 1 N–H and O–H groups in total. The van der Waals surface area contributed by atoms with Crippen molar-refractivity contribution in [3.8, 4) is 0 Å². The second-order valence-electron chi connectivity index (χ2n) is 4.16. The zero-order chi connectivity index (χ0) is 11.4. The minimum Gasteiger partial charge on any atom is -0.314 e. The van der Waals surface area contributed by atoms with Crippen LogP contribution in [0.3, 0.4) is 0 Å². The minimum absolute atomic E-state index is 0.688. The Morgan fingerprint density at radius 2 is 2.50 bits per heavy atom. The maximum absolute atomic E-state index is 4.64. The van der Waals surface area contributed by atoms with Gasteiger partial charge in [-0.3, -0.25) is 4.90 Å². The number of thiazole rings is 1. The lowest BCUT2D eigenvalue weighted by Gasteiger charge is -2.32. The van der Waals surface area contributed by atoms with E-state index in [0.29, 0.717) is 6.04 Å². The van der Waals surface area contributed by atoms with Crippen LogP contribution in [0.4, 0.5) is 0 Å². The topological polar surface area (TPSA) is 28.2 Å². The van der Waals surface area contributed by atoms with Crippen LogP contribution in [0.2, 0.25) is 0 Å². The summed E-state index contributed by atoms with van der Waals surface area (Å²) in [5.74, 6) is 2.52. The lowest BCUT2D eigenvalue weighted by atomic mass is 10.3. The Bertz CT molecular complexity index is 327. The Morgan fingerprint density at radius 1 is 1.62 bits per heavy atom. The molecule has 1 aromatic rings. The van der Waals surface area contributed by atoms with Crippen molar-refractivity contribution >= 4 is 23.1 Å². The van der Waals surface area contributed by atoms with Gasteiger partial charge < -0.3 is 5.32 Å². The molecular formula is C11H19N3S2. The van der Waals surface area contributed by atoms with E-state index in [4.69, 9.17) is 0 Å². The molecule has 2 heterocycles. The highest BCUT2D eigenvalue weighted by Crippen LogP contribution is 2.19. The first kappa shape index (κ1) is 12.4. The molecule has 1 fully saturated rings. The standard InChI is InChI=1S/C11H19N3S2/c1-9-7-15-4-3-14(9)6-10-8-16-11(13-10)5-12-2/h8-9,12H,3-7H2,1-2H3. The van der Waals surface area contributed by atoms with Crippen LogP contribution in [-0.2, 0) is 13.1 Å². The largest absolute Gasteiger partial charge is 0.314 e. The molecule has 2 rings (SSSR count). The van der Waals surface area contributed by atoms with Gasteiger partial charge in [-0.05, 0) is 14.0 Å². The molecule has 0 bridgehead atoms. The van der Waals surface area contributed by atoms with E-state index < -0.39 is 0 Å². The summed E-state index contributed by atoms with van der Waals surface area (Å²) in [6.45, 7) is 5.41. The number of hydrogen-bond acceptors (Lipinski definition) is 5. The number of rotatable bonds is 4. The van der Waals surface area contributed by atoms with E-state index in [9.17, 15) is 0 Å². The van der Waals surface area contributed by atoms with E-state index in [1.165, 1.54) is 28.8 Å². The van der Waals surface area contributed by atoms with E-state index in [2.05, 4.69) is 39.3 Å². The monoisotopic (exact) mass is 257 g/mol. The van der Waals surface area contributed by atoms with Gasteiger partial charge in [0, 0.05) is 42.6 Å². The van der Waals surface area contributed by atoms with Crippen LogP contribution >= 0.6 is 23.1 Å². The molecule has 0 spiro atoms. The van der Waals surface area contributed by atoms with Crippen LogP contribution in [-0.4, -0.2) is 41.0 Å². The fourth-order valence-electron chi connectivity index (χ4n) is 1.86. The summed E-state index contributed by atoms with van der Waals surface area (Å²) in [5, 5.41) is 6.53. The average molecular weight is 257 g/mol. The average Bonchev–Trinajstić information content (AvgIpc) is 2.70. The third-order valence-corrected chi connectivity index (χ3v) is 4.88. The second kappa shape index (κ2) is 6.00. The van der Waals surface area contributed by atoms with Crippen molar-refractivity contribution in [2.75, 3.05) is 25.1 Å². The van der Waals surface area contributed by atoms with Gasteiger partial charge in [0.1, 0.15) is 5.01 Å². The highest BCUT2D eigenvalue weighted by molar-refractivity contribution is 7.99. The summed E-state index contributed by atoms with van der Waals surface area (Å²) in [7, 11) is 1.96. The summed E-state index contributed by atoms with van der Waals surface area (Å²) in [5.41, 5.74) is 1.23. The van der Waals surface area contributed by atoms with E-state index in [-0.39, 0.29) is 0 Å². The van der Waals surface area contributed by atoms with Crippen molar-refractivity contribution in [1.82, 2.24) is 15.2 Å². The van der Waals surface area contributed by atoms with E-state index in [1.54, 1.807) is 11.3 Å². The molecule has 1 aromatic heterocycles. The molecule has 1 saturated heterocycles. The molecule has 3 nitrogen and oxygen atoms in total. The van der Waals surface area contributed by atoms with Gasteiger partial charge in [-0.15, -0.1) is 11.3 Å². The van der Waals surface area contributed by atoms with Gasteiger partial charge in [0.15, 0.2) is 0 Å². The summed E-state index contributed by atoms with van der Waals surface area (Å²) in [6, 6.07) is 0.688. The lowest BCUT2D eigenvalue weighted by Crippen LogP contribution is -2.39. The third-order valence-electron chi connectivity index (χ3n) is 2.80. The normalized spacial score (nSPS) is 22.5. The number of thioether (sulfide) groups is 1. The molecule has 90 valence electrons. The minimum atomic E-state index is 0.688. The molecule has 16 heavy (non-hydrogen) atoms. The Labute approximate surface area is 106 Å². The first-order chi connectivity index (χ1) is 7.79. The highest BCUT2D eigenvalue weighted by Gasteiger charge is 2.19. The van der Waals surface area contributed by atoms with Gasteiger partial charge in [0.05, 0.1) is 5.69 Å². The highest BCUT2D eigenvalue weighted by atomic mass is 32.2. The van der Waals surface area contributed by atoms with Crippen molar-refractivity contribution in [3.05, 3.63) is 16.1 Å². The predicted octanol–water partition coefficient (Wildman–Crippen LogP) is 1.80. The maximum Gasteiger partial charge on any atom is 0.107 e. The van der Waals surface area contributed by atoms with Crippen molar-refractivity contribution < 1.29 is 0 Å². The zero-order valence-corrected chi connectivity index (χ0v) is 11.5. The van der Waals surface area contributed by atoms with E-state index >= 15 is 0 Å². The summed E-state index contributed by atoms with van der Waals surface area (Å²) < 4.78 is 0. The second-order valence-corrected chi connectivity index (χ2v) is 6.25. The maximum atomic E-state index is 4.64. The fraction of sp³-hybridized carbons (Fsp3) is 0.727. The number of nitrogens with zero attached hydrogens (tertiary/aromatic N) is 2. The van der Waals surface area contributed by atoms with Crippen molar-refractivity contribution in [2.24, 2.45) is 0 Å². The molecule has 0 amide bonds. The molecule has 1 unspecified atom stereocenters. The van der Waals surface area contributed by atoms with Crippen molar-refractivity contribution in [3.63, 3.8) is 0 Å². The van der Waals surface area contributed by atoms with Gasteiger partial charge in [0.25, 0.3) is 0 Å². The molecule has 0 radical (unpaired) electrons. The first-order valence-corrected chi connectivity index (χ1v) is 7.72. The summed E-state index contributed by atoms with van der Waals surface area (Å²) in [4.78, 5) is 7.17. The van der Waals surface area contributed by atoms with Gasteiger partial charge in [-0.25, -0.2) is 4.98 Å². The van der Waals surface area contributed by atoms with Crippen molar-refractivity contribution in [1.29, 1.82) is 0 Å². The van der Waals surface area contributed by atoms with E-state index in [0.717, 1.165) is 13.1 Å². The molecule has 0 aromatic carbocycles. The zero-order valence-electron chi connectivity index (χ0n) is 9.90. The molecule has 1 atom stereocenters. The Kier molecular flexibility index (Phi) is 4.64. The fourth-order valence-corrected chi connectivity index (χ4v) is 3.74. The first-order valence-electron chi connectivity index (χ1n) is 5.69. The summed E-state index contributed by atoms with van der Waals surface area (Å²) in [6.07, 6.45) is 0. The van der Waals surface area contributed by atoms with Gasteiger partial charge in [-0.2, -0.15) is 11.8 Å². The predicted molar refractivity (Wildman–Crippen MR) is 72.1 cm³/mol. The molecule has 0 saturated carbocycles. The van der Waals surface area contributed by atoms with Gasteiger partial charge in [0.2, 0.25) is 0 Å². The summed E-state index contributed by atoms with van der Waals surface area (Å²) >= 11 is 3.82. The number of nitrogens with one attached hydrogen (secondary N) is 1. The quantitative estimate of drug-likeness (QED) is 0.890. The van der Waals surface area contributed by atoms with Crippen LogP contribution in [0.15, 0.2) is 5.38 Å². The SMILES string of the molecule is CNCc1nc(CN2CCSCC2C)cs1. The number of hydrogen-bond donors (Lipinski definition) is 1. The van der Waals surface area contributed by atoms with Crippen molar-refractivity contribution in [2.45, 2.75) is 26.1 Å². The van der Waals surface area contributed by atoms with Crippen LogP contribution in [0.5, 0.6) is 0 Å². The Balaban J connectivity index is 1.91. The molecule has 0 aliphatic carbocycles. The molecular weight excluding hydrogens is 238 g/mol. The van der Waals surface area contributed by atoms with Crippen LogP contribution in [0.1, 0.15) is 17.6 Å². The molecule has 5 heteroatoms. The molecule has 1 aliphatic heterocycles. The smallest absolute Gasteiger partial charge is 0.107 e. The molecule has 1 aliphatic rings. The van der Waals surface area contributed by atoms with E-state index in [1.807, 2.05) is 7.05 Å². The van der Waals surface area contributed by atoms with Gasteiger partial charge >= 0.3 is 0 Å². The van der Waals surface area contributed by atoms with Gasteiger partial charge in [-0.1, -0.05) is 0 Å².